The summed E-state index contributed by atoms with van der Waals surface area (Å²) in [5.74, 6) is 0.767. The van der Waals surface area contributed by atoms with Crippen molar-refractivity contribution >= 4 is 24.2 Å². The number of rotatable bonds is 5. The van der Waals surface area contributed by atoms with Crippen LogP contribution in [0.1, 0.15) is 5.69 Å². The van der Waals surface area contributed by atoms with E-state index in [0.717, 1.165) is 10.6 Å². The second kappa shape index (κ2) is 7.91. The van der Waals surface area contributed by atoms with Crippen molar-refractivity contribution < 1.29 is 9.53 Å². The molecule has 0 atom stereocenters. The second-order valence-corrected chi connectivity index (χ2v) is 4.71. The van der Waals surface area contributed by atoms with E-state index in [4.69, 9.17) is 4.74 Å². The number of carbonyl (C=O) groups is 1. The molecular weight excluding hydrogens is 288 g/mol. The van der Waals surface area contributed by atoms with Gasteiger partial charge in [-0.05, 0) is 48.3 Å². The fourth-order valence-electron chi connectivity index (χ4n) is 1.38. The molecule has 0 radical (unpaired) electrons. The molecule has 0 bridgehead atoms. The molecule has 108 valence electrons. The minimum absolute atomic E-state index is 0.414. The van der Waals surface area contributed by atoms with E-state index in [1.54, 1.807) is 19.4 Å². The fraction of sp³-hybridized carbons (Fsp3) is 0.0714. The van der Waals surface area contributed by atoms with Gasteiger partial charge in [-0.2, -0.15) is 5.10 Å². The first-order valence-corrected chi connectivity index (χ1v) is 6.90. The lowest BCUT2D eigenvalue weighted by molar-refractivity contribution is 0.247. The summed E-state index contributed by atoms with van der Waals surface area (Å²) in [6, 6.07) is 12.4. The Bertz CT molecular complexity index is 602. The van der Waals surface area contributed by atoms with Crippen molar-refractivity contribution in [1.82, 2.24) is 15.1 Å². The molecule has 1 heterocycles. The molecule has 1 aromatic carbocycles. The van der Waals surface area contributed by atoms with Crippen LogP contribution in [0.2, 0.25) is 0 Å². The summed E-state index contributed by atoms with van der Waals surface area (Å²) in [5, 5.41) is 3.80. The van der Waals surface area contributed by atoms with Gasteiger partial charge in [-0.25, -0.2) is 10.2 Å². The number of amides is 2. The van der Waals surface area contributed by atoms with E-state index in [-0.39, 0.29) is 0 Å². The molecule has 6 nitrogen and oxygen atoms in total. The molecule has 0 fully saturated rings. The van der Waals surface area contributed by atoms with Gasteiger partial charge in [0, 0.05) is 11.1 Å². The van der Waals surface area contributed by atoms with E-state index >= 15 is 0 Å². The quantitative estimate of drug-likeness (QED) is 0.505. The van der Waals surface area contributed by atoms with Crippen LogP contribution in [-0.4, -0.2) is 24.3 Å². The highest BCUT2D eigenvalue weighted by Gasteiger charge is 2.00. The number of ether oxygens (including phenoxy) is 1. The van der Waals surface area contributed by atoms with E-state index in [1.165, 1.54) is 18.2 Å². The van der Waals surface area contributed by atoms with Gasteiger partial charge in [0.15, 0.2) is 0 Å². The highest BCUT2D eigenvalue weighted by molar-refractivity contribution is 7.98. The standard InChI is InChI=1S/C14H14N4O2S/c1-20-12-5-7-13(8-6-12)21-18-14(19)17-16-10-11-4-2-3-9-15-11/h2-10H,1H3,(H2,17,18,19)/b16-10+. The van der Waals surface area contributed by atoms with Gasteiger partial charge in [0.05, 0.1) is 19.0 Å². The summed E-state index contributed by atoms with van der Waals surface area (Å²) >= 11 is 1.19. The number of nitrogens with zero attached hydrogens (tertiary/aromatic N) is 2. The van der Waals surface area contributed by atoms with Crippen LogP contribution in [0.5, 0.6) is 5.75 Å². The molecule has 0 aliphatic heterocycles. The van der Waals surface area contributed by atoms with Crippen LogP contribution >= 0.6 is 11.9 Å². The lowest BCUT2D eigenvalue weighted by Crippen LogP contribution is -2.27. The van der Waals surface area contributed by atoms with Gasteiger partial charge in [0.2, 0.25) is 0 Å². The molecule has 0 saturated carbocycles. The zero-order valence-electron chi connectivity index (χ0n) is 11.3. The average molecular weight is 302 g/mol. The molecular formula is C14H14N4O2S. The number of hydrogen-bond acceptors (Lipinski definition) is 5. The molecule has 2 rings (SSSR count). The van der Waals surface area contributed by atoms with Gasteiger partial charge in [0.1, 0.15) is 5.75 Å². The summed E-state index contributed by atoms with van der Waals surface area (Å²) in [4.78, 5) is 16.5. The third-order valence-corrected chi connectivity index (χ3v) is 3.17. The Kier molecular flexibility index (Phi) is 5.60. The Labute approximate surface area is 126 Å². The number of aromatic nitrogens is 1. The number of hydrazone groups is 1. The summed E-state index contributed by atoms with van der Waals surface area (Å²) in [6.07, 6.45) is 3.12. The van der Waals surface area contributed by atoms with Crippen LogP contribution in [0.3, 0.4) is 0 Å². The van der Waals surface area contributed by atoms with Gasteiger partial charge in [-0.3, -0.25) is 9.71 Å². The zero-order valence-corrected chi connectivity index (χ0v) is 12.1. The Morgan fingerprint density at radius 3 is 2.76 bits per heavy atom. The molecule has 0 aliphatic rings. The van der Waals surface area contributed by atoms with Crippen LogP contribution < -0.4 is 14.9 Å². The molecule has 2 amide bonds. The summed E-state index contributed by atoms with van der Waals surface area (Å²) in [6.45, 7) is 0. The number of methoxy groups -OCH3 is 1. The van der Waals surface area contributed by atoms with Gasteiger partial charge >= 0.3 is 6.03 Å². The molecule has 0 saturated heterocycles. The van der Waals surface area contributed by atoms with Crippen LogP contribution in [0.4, 0.5) is 4.79 Å². The third kappa shape index (κ3) is 5.15. The number of nitrogens with one attached hydrogen (secondary N) is 2. The van der Waals surface area contributed by atoms with Crippen LogP contribution in [0, 0.1) is 0 Å². The Hall–Kier alpha value is -2.54. The van der Waals surface area contributed by atoms with E-state index in [2.05, 4.69) is 20.2 Å². The molecule has 1 aromatic heterocycles. The first kappa shape index (κ1) is 14.9. The number of hydrogen-bond donors (Lipinski definition) is 2. The molecule has 7 heteroatoms. The van der Waals surface area contributed by atoms with Gasteiger partial charge in [0.25, 0.3) is 0 Å². The number of pyridine rings is 1. The lowest BCUT2D eigenvalue weighted by atomic mass is 10.3. The Balaban J connectivity index is 1.75. The molecule has 21 heavy (non-hydrogen) atoms. The fourth-order valence-corrected chi connectivity index (χ4v) is 1.91. The number of urea groups is 1. The van der Waals surface area contributed by atoms with Crippen LogP contribution in [0.25, 0.3) is 0 Å². The first-order valence-electron chi connectivity index (χ1n) is 6.09. The SMILES string of the molecule is COc1ccc(SNC(=O)N/N=C/c2ccccn2)cc1. The minimum atomic E-state index is -0.414. The average Bonchev–Trinajstić information content (AvgIpc) is 2.54. The van der Waals surface area contributed by atoms with E-state index < -0.39 is 6.03 Å². The molecule has 0 spiro atoms. The molecule has 0 aliphatic carbocycles. The number of benzene rings is 1. The maximum atomic E-state index is 11.5. The smallest absolute Gasteiger partial charge is 0.345 e. The van der Waals surface area contributed by atoms with E-state index in [1.807, 2.05) is 36.4 Å². The minimum Gasteiger partial charge on any atom is -0.497 e. The van der Waals surface area contributed by atoms with Crippen molar-refractivity contribution in [1.29, 1.82) is 0 Å². The topological polar surface area (TPSA) is 75.6 Å². The summed E-state index contributed by atoms with van der Waals surface area (Å²) in [5.41, 5.74) is 3.03. The summed E-state index contributed by atoms with van der Waals surface area (Å²) < 4.78 is 7.67. The van der Waals surface area contributed by atoms with Gasteiger partial charge < -0.3 is 4.74 Å². The van der Waals surface area contributed by atoms with Crippen molar-refractivity contribution in [2.75, 3.05) is 7.11 Å². The number of carbonyl (C=O) groups excluding carboxylic acids is 1. The maximum Gasteiger partial charge on any atom is 0.345 e. The molecule has 2 aromatic rings. The maximum absolute atomic E-state index is 11.5. The normalized spacial score (nSPS) is 10.3. The summed E-state index contributed by atoms with van der Waals surface area (Å²) in [7, 11) is 1.60. The van der Waals surface area contributed by atoms with Crippen LogP contribution in [-0.2, 0) is 0 Å². The van der Waals surface area contributed by atoms with Crippen molar-refractivity contribution in [2.24, 2.45) is 5.10 Å². The predicted molar refractivity (Wildman–Crippen MR) is 82.3 cm³/mol. The second-order valence-electron chi connectivity index (χ2n) is 3.83. The van der Waals surface area contributed by atoms with E-state index in [0.29, 0.717) is 5.69 Å². The molecule has 2 N–H and O–H groups in total. The van der Waals surface area contributed by atoms with Crippen LogP contribution in [0.15, 0.2) is 58.7 Å². The van der Waals surface area contributed by atoms with E-state index in [9.17, 15) is 4.79 Å². The van der Waals surface area contributed by atoms with Crippen molar-refractivity contribution in [3.8, 4) is 5.75 Å². The van der Waals surface area contributed by atoms with Crippen molar-refractivity contribution in [3.63, 3.8) is 0 Å². The zero-order chi connectivity index (χ0) is 14.9. The van der Waals surface area contributed by atoms with Crippen molar-refractivity contribution in [2.45, 2.75) is 4.90 Å². The van der Waals surface area contributed by atoms with Gasteiger partial charge in [-0.15, -0.1) is 0 Å². The van der Waals surface area contributed by atoms with Gasteiger partial charge in [-0.1, -0.05) is 6.07 Å². The Morgan fingerprint density at radius 1 is 1.29 bits per heavy atom. The highest BCUT2D eigenvalue weighted by atomic mass is 32.2. The van der Waals surface area contributed by atoms with Crippen molar-refractivity contribution in [3.05, 3.63) is 54.4 Å². The Morgan fingerprint density at radius 2 is 2.10 bits per heavy atom. The monoisotopic (exact) mass is 302 g/mol. The molecule has 0 unspecified atom stereocenters. The lowest BCUT2D eigenvalue weighted by Gasteiger charge is -2.04. The highest BCUT2D eigenvalue weighted by Crippen LogP contribution is 2.18. The first-order chi connectivity index (χ1) is 10.3. The predicted octanol–water partition coefficient (Wildman–Crippen LogP) is 2.43. The largest absolute Gasteiger partial charge is 0.497 e. The third-order valence-electron chi connectivity index (χ3n) is 2.37.